The van der Waals surface area contributed by atoms with Gasteiger partial charge in [0, 0.05) is 46.9 Å². The van der Waals surface area contributed by atoms with Gasteiger partial charge in [0.1, 0.15) is 22.9 Å². The maximum Gasteiger partial charge on any atom is 0.573 e. The molecular formula is C33H35F3N4O5. The molecule has 3 heterocycles. The first kappa shape index (κ1) is 30.7. The van der Waals surface area contributed by atoms with Crippen LogP contribution in [0.4, 0.5) is 18.9 Å². The van der Waals surface area contributed by atoms with Gasteiger partial charge in [0.15, 0.2) is 0 Å². The van der Waals surface area contributed by atoms with Crippen LogP contribution in [-0.4, -0.2) is 51.1 Å². The number of halogens is 3. The third-order valence-electron chi connectivity index (χ3n) is 8.36. The van der Waals surface area contributed by atoms with Crippen molar-refractivity contribution in [2.75, 3.05) is 11.4 Å². The van der Waals surface area contributed by atoms with E-state index in [1.165, 1.54) is 16.8 Å². The summed E-state index contributed by atoms with van der Waals surface area (Å²) in [5.41, 5.74) is 3.85. The molecule has 12 heteroatoms. The van der Waals surface area contributed by atoms with Gasteiger partial charge in [0.25, 0.3) is 0 Å². The summed E-state index contributed by atoms with van der Waals surface area (Å²) in [7, 11) is 0. The molecule has 0 amide bonds. The fourth-order valence-corrected chi connectivity index (χ4v) is 5.99. The molecule has 1 aliphatic carbocycles. The van der Waals surface area contributed by atoms with Gasteiger partial charge in [-0.25, -0.2) is 4.79 Å². The van der Waals surface area contributed by atoms with Crippen LogP contribution >= 0.6 is 0 Å². The average molecular weight is 625 g/mol. The van der Waals surface area contributed by atoms with E-state index in [0.29, 0.717) is 22.7 Å². The van der Waals surface area contributed by atoms with Gasteiger partial charge in [0.05, 0.1) is 18.4 Å². The summed E-state index contributed by atoms with van der Waals surface area (Å²) in [6, 6.07) is 15.6. The molecular weight excluding hydrogens is 589 g/mol. The van der Waals surface area contributed by atoms with Gasteiger partial charge in [-0.15, -0.1) is 13.2 Å². The molecule has 4 aromatic rings. The van der Waals surface area contributed by atoms with Crippen LogP contribution in [0.1, 0.15) is 80.2 Å². The number of alkyl halides is 3. The molecule has 9 nitrogen and oxygen atoms in total. The van der Waals surface area contributed by atoms with E-state index in [9.17, 15) is 23.1 Å². The Bertz CT molecular complexity index is 1660. The molecule has 2 fully saturated rings. The largest absolute Gasteiger partial charge is 0.573 e. The van der Waals surface area contributed by atoms with E-state index in [1.807, 2.05) is 38.1 Å². The molecule has 2 atom stereocenters. The number of carbonyl (C=O) groups is 1. The number of aromatic nitrogens is 3. The maximum absolute atomic E-state index is 13.1. The molecule has 1 saturated carbocycles. The van der Waals surface area contributed by atoms with Crippen molar-refractivity contribution in [1.29, 1.82) is 0 Å². The number of aromatic carboxylic acids is 1. The molecule has 0 radical (unpaired) electrons. The van der Waals surface area contributed by atoms with Crippen LogP contribution < -0.4 is 9.64 Å². The molecule has 1 aliphatic heterocycles. The Hall–Kier alpha value is -4.32. The van der Waals surface area contributed by atoms with Crippen molar-refractivity contribution in [3.05, 3.63) is 71.6 Å². The van der Waals surface area contributed by atoms with E-state index in [0.717, 1.165) is 43.5 Å². The normalized spacial score (nSPS) is 18.9. The van der Waals surface area contributed by atoms with E-state index in [-0.39, 0.29) is 47.7 Å². The lowest BCUT2D eigenvalue weighted by Gasteiger charge is -2.39. The zero-order chi connectivity index (χ0) is 31.9. The van der Waals surface area contributed by atoms with Crippen LogP contribution in [0.2, 0.25) is 0 Å². The van der Waals surface area contributed by atoms with Crippen LogP contribution in [0.15, 0.2) is 59.1 Å². The molecule has 1 saturated heterocycles. The molecule has 0 unspecified atom stereocenters. The Kier molecular flexibility index (Phi) is 8.34. The lowest BCUT2D eigenvalue weighted by Crippen LogP contribution is -2.43. The average Bonchev–Trinajstić information content (AvgIpc) is 3.58. The second-order valence-corrected chi connectivity index (χ2v) is 12.0. The fraction of sp³-hybridized carbons (Fsp3) is 0.424. The van der Waals surface area contributed by atoms with Crippen molar-refractivity contribution < 1.29 is 37.1 Å². The molecule has 6 rings (SSSR count). The number of piperidine rings is 1. The van der Waals surface area contributed by atoms with Crippen molar-refractivity contribution in [1.82, 2.24) is 14.9 Å². The highest BCUT2D eigenvalue weighted by Crippen LogP contribution is 2.46. The highest BCUT2D eigenvalue weighted by molar-refractivity contribution is 5.87. The van der Waals surface area contributed by atoms with Gasteiger partial charge in [0.2, 0.25) is 0 Å². The number of hydrogen-bond acceptors (Lipinski definition) is 7. The summed E-state index contributed by atoms with van der Waals surface area (Å²) in [6.07, 6.45) is -1.48. The first-order chi connectivity index (χ1) is 21.5. The Morgan fingerprint density at radius 1 is 1.11 bits per heavy atom. The Labute approximate surface area is 258 Å². The summed E-state index contributed by atoms with van der Waals surface area (Å²) in [5.74, 6) is -0.474. The van der Waals surface area contributed by atoms with Gasteiger partial charge in [-0.3, -0.25) is 4.68 Å². The summed E-state index contributed by atoms with van der Waals surface area (Å²) in [4.78, 5) is 14.0. The molecule has 238 valence electrons. The second kappa shape index (κ2) is 12.2. The summed E-state index contributed by atoms with van der Waals surface area (Å²) >= 11 is 0. The van der Waals surface area contributed by atoms with Crippen molar-refractivity contribution in [3.8, 4) is 28.3 Å². The predicted molar refractivity (Wildman–Crippen MR) is 160 cm³/mol. The first-order valence-corrected chi connectivity index (χ1v) is 15.1. The lowest BCUT2D eigenvalue weighted by molar-refractivity contribution is -0.274. The zero-order valence-electron chi connectivity index (χ0n) is 25.3. The number of carboxylic acids is 1. The highest BCUT2D eigenvalue weighted by atomic mass is 19.4. The molecule has 1 N–H and O–H groups in total. The van der Waals surface area contributed by atoms with Crippen LogP contribution in [0.5, 0.6) is 5.75 Å². The van der Waals surface area contributed by atoms with Crippen LogP contribution in [0.3, 0.4) is 0 Å². The van der Waals surface area contributed by atoms with Crippen molar-refractivity contribution in [2.24, 2.45) is 0 Å². The van der Waals surface area contributed by atoms with Gasteiger partial charge >= 0.3 is 12.3 Å². The molecule has 2 aliphatic rings. The number of hydrogen-bond donors (Lipinski definition) is 1. The highest BCUT2D eigenvalue weighted by Gasteiger charge is 2.36. The van der Waals surface area contributed by atoms with Gasteiger partial charge in [-0.1, -0.05) is 29.4 Å². The summed E-state index contributed by atoms with van der Waals surface area (Å²) in [5, 5.41) is 18.2. The molecule has 0 bridgehead atoms. The van der Waals surface area contributed by atoms with Crippen molar-refractivity contribution in [3.63, 3.8) is 0 Å². The predicted octanol–water partition coefficient (Wildman–Crippen LogP) is 7.83. The minimum absolute atomic E-state index is 0.0542. The number of ether oxygens (including phenoxy) is 2. The third-order valence-corrected chi connectivity index (χ3v) is 8.36. The minimum Gasteiger partial charge on any atom is -0.477 e. The van der Waals surface area contributed by atoms with Crippen LogP contribution in [-0.2, 0) is 11.3 Å². The summed E-state index contributed by atoms with van der Waals surface area (Å²) < 4.78 is 57.2. The van der Waals surface area contributed by atoms with E-state index in [1.54, 1.807) is 18.2 Å². The van der Waals surface area contributed by atoms with Crippen molar-refractivity contribution in [2.45, 2.75) is 83.5 Å². The molecule has 45 heavy (non-hydrogen) atoms. The van der Waals surface area contributed by atoms with E-state index < -0.39 is 12.3 Å². The smallest absolute Gasteiger partial charge is 0.477 e. The number of carboxylic acid groups (broad SMARTS) is 1. The van der Waals surface area contributed by atoms with E-state index in [4.69, 9.17) is 9.26 Å². The second-order valence-electron chi connectivity index (χ2n) is 12.0. The van der Waals surface area contributed by atoms with Crippen LogP contribution in [0, 0.1) is 0 Å². The molecule has 2 aromatic heterocycles. The Morgan fingerprint density at radius 2 is 1.84 bits per heavy atom. The summed E-state index contributed by atoms with van der Waals surface area (Å²) in [6.45, 7) is 6.86. The Morgan fingerprint density at radius 3 is 2.47 bits per heavy atom. The van der Waals surface area contributed by atoms with Crippen LogP contribution in [0.25, 0.3) is 22.5 Å². The van der Waals surface area contributed by atoms with Gasteiger partial charge in [-0.05, 0) is 76.8 Å². The third kappa shape index (κ3) is 6.70. The SMILES string of the molecule is CC(C)n1nc(-c2ccc(N3CC[C@@H](OCc4c(-c5ccccc5OC(F)(F)F)noc4C4CC4)C[C@H]3C)cc2)cc1C(=O)O. The Balaban J connectivity index is 1.13. The number of benzene rings is 2. The maximum atomic E-state index is 13.1. The fourth-order valence-electron chi connectivity index (χ4n) is 5.99. The quantitative estimate of drug-likeness (QED) is 0.190. The number of anilines is 1. The molecule has 0 spiro atoms. The number of nitrogens with zero attached hydrogens (tertiary/aromatic N) is 4. The zero-order valence-corrected chi connectivity index (χ0v) is 25.3. The number of para-hydroxylation sites is 1. The molecule has 2 aromatic carbocycles. The topological polar surface area (TPSA) is 103 Å². The number of rotatable bonds is 10. The minimum atomic E-state index is -4.83. The van der Waals surface area contributed by atoms with Gasteiger partial charge < -0.3 is 24.0 Å². The first-order valence-electron chi connectivity index (χ1n) is 15.1. The standard InChI is InChI=1S/C33H35F3N4O5/c1-19(2)40-28(32(41)42)17-27(37-40)21-10-12-23(13-11-21)39-15-14-24(16-20(39)3)43-18-26-30(38-45-31(26)22-8-9-22)25-6-4-5-7-29(25)44-33(34,35)36/h4-7,10-13,17,19-20,22,24H,8-9,14-16,18H2,1-3H3,(H,41,42)/t20-,24-/m1/s1. The van der Waals surface area contributed by atoms with Crippen molar-refractivity contribution >= 4 is 11.7 Å². The lowest BCUT2D eigenvalue weighted by atomic mass is 9.99. The van der Waals surface area contributed by atoms with E-state index in [2.05, 4.69) is 26.8 Å². The van der Waals surface area contributed by atoms with Gasteiger partial charge in [-0.2, -0.15) is 5.10 Å². The van der Waals surface area contributed by atoms with E-state index >= 15 is 0 Å². The monoisotopic (exact) mass is 624 g/mol.